The van der Waals surface area contributed by atoms with Crippen molar-refractivity contribution >= 4 is 27.8 Å². The van der Waals surface area contributed by atoms with Crippen LogP contribution in [0.4, 0.5) is 0 Å². The molecule has 0 amide bonds. The summed E-state index contributed by atoms with van der Waals surface area (Å²) in [6.45, 7) is 6.18. The zero-order valence-electron chi connectivity index (χ0n) is 14.5. The van der Waals surface area contributed by atoms with E-state index in [2.05, 4.69) is 16.0 Å². The van der Waals surface area contributed by atoms with E-state index >= 15 is 0 Å². The second-order valence-electron chi connectivity index (χ2n) is 5.72. The molecule has 1 unspecified atom stereocenters. The van der Waals surface area contributed by atoms with Gasteiger partial charge in [0.05, 0.1) is 24.4 Å². The normalized spacial score (nSPS) is 12.7. The van der Waals surface area contributed by atoms with Crippen LogP contribution in [-0.2, 0) is 15.9 Å². The Bertz CT molecular complexity index is 898. The molecule has 0 aliphatic rings. The van der Waals surface area contributed by atoms with Crippen LogP contribution in [-0.4, -0.2) is 29.7 Å². The number of nitrogens with one attached hydrogen (secondary N) is 1. The second kappa shape index (κ2) is 6.61. The average molecular weight is 326 g/mol. The second-order valence-corrected chi connectivity index (χ2v) is 5.72. The minimum absolute atomic E-state index is 0.0448. The van der Waals surface area contributed by atoms with Gasteiger partial charge in [-0.2, -0.15) is 0 Å². The van der Waals surface area contributed by atoms with Gasteiger partial charge in [0.1, 0.15) is 0 Å². The molecule has 0 saturated heterocycles. The van der Waals surface area contributed by atoms with Crippen molar-refractivity contribution < 1.29 is 14.3 Å². The van der Waals surface area contributed by atoms with E-state index in [1.54, 1.807) is 20.2 Å². The molecule has 3 aromatic rings. The summed E-state index contributed by atoms with van der Waals surface area (Å²) < 4.78 is 10.7. The molecule has 3 rings (SSSR count). The fourth-order valence-corrected chi connectivity index (χ4v) is 3.22. The van der Waals surface area contributed by atoms with Gasteiger partial charge in [-0.3, -0.25) is 0 Å². The highest BCUT2D eigenvalue weighted by Crippen LogP contribution is 2.35. The van der Waals surface area contributed by atoms with E-state index in [1.165, 1.54) is 0 Å². The lowest BCUT2D eigenvalue weighted by molar-refractivity contribution is 0.0518. The largest absolute Gasteiger partial charge is 0.461 e. The SMILES string of the molecule is CCOC(=O)c1ncc2[nH]c3cccc(C(C)OC)c3c2c1CC. The van der Waals surface area contributed by atoms with Crippen LogP contribution in [0.1, 0.15) is 48.5 Å². The number of esters is 1. The lowest BCUT2D eigenvalue weighted by Gasteiger charge is -2.13. The zero-order chi connectivity index (χ0) is 17.3. The number of hydrogen-bond acceptors (Lipinski definition) is 4. The number of carbonyl (C=O) groups is 1. The Hall–Kier alpha value is -2.40. The maximum absolute atomic E-state index is 12.3. The summed E-state index contributed by atoms with van der Waals surface area (Å²) in [7, 11) is 1.70. The Labute approximate surface area is 141 Å². The van der Waals surface area contributed by atoms with Crippen LogP contribution in [0.5, 0.6) is 0 Å². The monoisotopic (exact) mass is 326 g/mol. The first-order chi connectivity index (χ1) is 11.6. The summed E-state index contributed by atoms with van der Waals surface area (Å²) in [5.41, 5.74) is 4.34. The number of carbonyl (C=O) groups excluding carboxylic acids is 1. The molecule has 1 aromatic carbocycles. The molecule has 0 aliphatic carbocycles. The summed E-state index contributed by atoms with van der Waals surface area (Å²) in [6, 6.07) is 6.10. The van der Waals surface area contributed by atoms with Crippen molar-refractivity contribution in [3.05, 3.63) is 41.2 Å². The molecule has 1 atom stereocenters. The summed E-state index contributed by atoms with van der Waals surface area (Å²) in [4.78, 5) is 20.0. The van der Waals surface area contributed by atoms with Crippen LogP contribution in [0.2, 0.25) is 0 Å². The highest BCUT2D eigenvalue weighted by Gasteiger charge is 2.21. The molecular formula is C19H22N2O3. The number of nitrogens with zero attached hydrogens (tertiary/aromatic N) is 1. The van der Waals surface area contributed by atoms with Crippen LogP contribution >= 0.6 is 0 Å². The van der Waals surface area contributed by atoms with Gasteiger partial charge in [-0.1, -0.05) is 19.1 Å². The fourth-order valence-electron chi connectivity index (χ4n) is 3.22. The van der Waals surface area contributed by atoms with Crippen molar-refractivity contribution in [1.82, 2.24) is 9.97 Å². The molecule has 0 saturated carbocycles. The van der Waals surface area contributed by atoms with Gasteiger partial charge in [-0.05, 0) is 37.5 Å². The standard InChI is InChI=1S/C19H22N2O3/c1-5-12-16-15(10-20-18(12)19(22)24-6-2)21-14-9-7-8-13(17(14)16)11(3)23-4/h7-11,21H,5-6H2,1-4H3. The first-order valence-electron chi connectivity index (χ1n) is 8.24. The topological polar surface area (TPSA) is 64.2 Å². The first-order valence-corrected chi connectivity index (χ1v) is 8.24. The number of H-pyrrole nitrogens is 1. The Morgan fingerprint density at radius 1 is 1.25 bits per heavy atom. The zero-order valence-corrected chi connectivity index (χ0v) is 14.5. The maximum Gasteiger partial charge on any atom is 0.357 e. The Morgan fingerprint density at radius 2 is 2.04 bits per heavy atom. The van der Waals surface area contributed by atoms with Crippen LogP contribution < -0.4 is 0 Å². The van der Waals surface area contributed by atoms with Crippen molar-refractivity contribution in [3.63, 3.8) is 0 Å². The number of pyridine rings is 1. The maximum atomic E-state index is 12.3. The number of methoxy groups -OCH3 is 1. The average Bonchev–Trinajstić information content (AvgIpc) is 2.98. The molecule has 5 heteroatoms. The van der Waals surface area contributed by atoms with E-state index in [-0.39, 0.29) is 12.1 Å². The Kier molecular flexibility index (Phi) is 4.53. The number of ether oxygens (including phenoxy) is 2. The summed E-state index contributed by atoms with van der Waals surface area (Å²) in [5, 5.41) is 2.12. The van der Waals surface area contributed by atoms with Gasteiger partial charge in [0.2, 0.25) is 0 Å². The van der Waals surface area contributed by atoms with Gasteiger partial charge in [0, 0.05) is 23.4 Å². The van der Waals surface area contributed by atoms with E-state index in [9.17, 15) is 4.79 Å². The Balaban J connectivity index is 2.38. The molecule has 126 valence electrons. The minimum Gasteiger partial charge on any atom is -0.461 e. The molecule has 1 N–H and O–H groups in total. The number of benzene rings is 1. The number of aryl methyl sites for hydroxylation is 1. The predicted molar refractivity (Wildman–Crippen MR) is 94.4 cm³/mol. The van der Waals surface area contributed by atoms with Gasteiger partial charge in [0.25, 0.3) is 0 Å². The molecular weight excluding hydrogens is 304 g/mol. The molecule has 0 bridgehead atoms. The van der Waals surface area contributed by atoms with E-state index in [0.29, 0.717) is 18.7 Å². The van der Waals surface area contributed by atoms with Crippen LogP contribution in [0, 0.1) is 0 Å². The van der Waals surface area contributed by atoms with Gasteiger partial charge in [-0.15, -0.1) is 0 Å². The predicted octanol–water partition coefficient (Wildman–Crippen LogP) is 4.16. The third-order valence-electron chi connectivity index (χ3n) is 4.41. The van der Waals surface area contributed by atoms with Crippen molar-refractivity contribution in [2.24, 2.45) is 0 Å². The molecule has 0 fully saturated rings. The molecule has 5 nitrogen and oxygen atoms in total. The first kappa shape index (κ1) is 16.5. The van der Waals surface area contributed by atoms with Crippen molar-refractivity contribution in [3.8, 4) is 0 Å². The van der Waals surface area contributed by atoms with Crippen molar-refractivity contribution in [1.29, 1.82) is 0 Å². The quantitative estimate of drug-likeness (QED) is 0.715. The van der Waals surface area contributed by atoms with E-state index in [1.807, 2.05) is 26.0 Å². The number of hydrogen-bond donors (Lipinski definition) is 1. The number of rotatable bonds is 5. The third-order valence-corrected chi connectivity index (χ3v) is 4.41. The number of fused-ring (bicyclic) bond motifs is 3. The smallest absolute Gasteiger partial charge is 0.357 e. The van der Waals surface area contributed by atoms with E-state index < -0.39 is 0 Å². The number of aromatic amines is 1. The van der Waals surface area contributed by atoms with Crippen molar-refractivity contribution in [2.75, 3.05) is 13.7 Å². The van der Waals surface area contributed by atoms with E-state index in [4.69, 9.17) is 9.47 Å². The van der Waals surface area contributed by atoms with Gasteiger partial charge >= 0.3 is 5.97 Å². The molecule has 0 aliphatic heterocycles. The minimum atomic E-state index is -0.372. The van der Waals surface area contributed by atoms with Crippen LogP contribution in [0.15, 0.2) is 24.4 Å². The van der Waals surface area contributed by atoms with E-state index in [0.717, 1.165) is 32.9 Å². The highest BCUT2D eigenvalue weighted by molar-refractivity contribution is 6.12. The molecule has 0 radical (unpaired) electrons. The third kappa shape index (κ3) is 2.55. The van der Waals surface area contributed by atoms with Gasteiger partial charge in [0.15, 0.2) is 5.69 Å². The van der Waals surface area contributed by atoms with Crippen LogP contribution in [0.25, 0.3) is 21.8 Å². The van der Waals surface area contributed by atoms with Gasteiger partial charge < -0.3 is 14.5 Å². The lowest BCUT2D eigenvalue weighted by atomic mass is 9.98. The van der Waals surface area contributed by atoms with Crippen molar-refractivity contribution in [2.45, 2.75) is 33.3 Å². The Morgan fingerprint density at radius 3 is 2.71 bits per heavy atom. The fraction of sp³-hybridized carbons (Fsp3) is 0.368. The summed E-state index contributed by atoms with van der Waals surface area (Å²) in [6.07, 6.45) is 2.36. The summed E-state index contributed by atoms with van der Waals surface area (Å²) >= 11 is 0. The lowest BCUT2D eigenvalue weighted by Crippen LogP contribution is -2.10. The molecule has 2 aromatic heterocycles. The summed E-state index contributed by atoms with van der Waals surface area (Å²) in [5.74, 6) is -0.372. The van der Waals surface area contributed by atoms with Gasteiger partial charge in [-0.25, -0.2) is 9.78 Å². The van der Waals surface area contributed by atoms with Crippen LogP contribution in [0.3, 0.4) is 0 Å². The highest BCUT2D eigenvalue weighted by atomic mass is 16.5. The molecule has 24 heavy (non-hydrogen) atoms. The number of aromatic nitrogens is 2. The molecule has 0 spiro atoms. The molecule has 2 heterocycles.